The highest BCUT2D eigenvalue weighted by Gasteiger charge is 2.13. The zero-order valence-electron chi connectivity index (χ0n) is 16.1. The number of ether oxygens (including phenoxy) is 1. The Balaban J connectivity index is 1.98. The molecule has 0 radical (unpaired) electrons. The summed E-state index contributed by atoms with van der Waals surface area (Å²) in [7, 11) is 0. The first-order chi connectivity index (χ1) is 12.8. The second-order valence-electron chi connectivity index (χ2n) is 6.50. The molecule has 4 heteroatoms. The molecule has 0 saturated carbocycles. The summed E-state index contributed by atoms with van der Waals surface area (Å²) in [5, 5.41) is 3.56. The summed E-state index contributed by atoms with van der Waals surface area (Å²) in [6.45, 7) is 8.83. The van der Waals surface area contributed by atoms with E-state index in [1.54, 1.807) is 12.3 Å². The third-order valence-electron chi connectivity index (χ3n) is 4.28. The van der Waals surface area contributed by atoms with Gasteiger partial charge < -0.3 is 10.1 Å². The fourth-order valence-corrected chi connectivity index (χ4v) is 2.97. The van der Waals surface area contributed by atoms with Gasteiger partial charge in [0.25, 0.3) is 0 Å². The maximum absolute atomic E-state index is 5.99. The number of hydrogen-bond donors (Lipinski definition) is 1. The summed E-state index contributed by atoms with van der Waals surface area (Å²) < 4.78 is 5.99. The third kappa shape index (κ3) is 6.51. The lowest BCUT2D eigenvalue weighted by atomic mass is 10.1. The molecule has 1 aromatic heterocycles. The minimum Gasteiger partial charge on any atom is -0.488 e. The van der Waals surface area contributed by atoms with Crippen LogP contribution < -0.4 is 10.1 Å². The summed E-state index contributed by atoms with van der Waals surface area (Å²) in [5.41, 5.74) is 1.33. The summed E-state index contributed by atoms with van der Waals surface area (Å²) in [6.07, 6.45) is 9.91. The van der Waals surface area contributed by atoms with E-state index in [0.717, 1.165) is 50.1 Å². The number of benzene rings is 1. The summed E-state index contributed by atoms with van der Waals surface area (Å²) in [4.78, 5) is 8.87. The van der Waals surface area contributed by atoms with E-state index in [-0.39, 0.29) is 0 Å². The molecule has 0 aliphatic rings. The Morgan fingerprint density at radius 1 is 1.15 bits per heavy atom. The number of aryl methyl sites for hydroxylation is 1. The van der Waals surface area contributed by atoms with Crippen molar-refractivity contribution in [1.82, 2.24) is 9.97 Å². The van der Waals surface area contributed by atoms with Gasteiger partial charge >= 0.3 is 0 Å². The Labute approximate surface area is 157 Å². The Kier molecular flexibility index (Phi) is 8.67. The Hall–Kier alpha value is -2.36. The van der Waals surface area contributed by atoms with Crippen LogP contribution in [0.5, 0.6) is 5.75 Å². The fourth-order valence-electron chi connectivity index (χ4n) is 2.97. The summed E-state index contributed by atoms with van der Waals surface area (Å²) in [6, 6.07) is 10.9. The van der Waals surface area contributed by atoms with Gasteiger partial charge in [-0.3, -0.25) is 0 Å². The van der Waals surface area contributed by atoms with Gasteiger partial charge in [-0.25, -0.2) is 9.97 Å². The molecule has 2 rings (SSSR count). The SMILES string of the molecule is C=Cc1ncc(OCCCc2ccccc2)c(NC(CCC)CCC)n1. The second kappa shape index (κ2) is 11.3. The lowest BCUT2D eigenvalue weighted by Crippen LogP contribution is -2.21. The van der Waals surface area contributed by atoms with Gasteiger partial charge in [0.05, 0.1) is 12.8 Å². The van der Waals surface area contributed by atoms with Gasteiger partial charge in [-0.15, -0.1) is 0 Å². The normalized spacial score (nSPS) is 10.7. The molecule has 26 heavy (non-hydrogen) atoms. The predicted octanol–water partition coefficient (Wildman–Crippen LogP) is 5.51. The molecule has 0 atom stereocenters. The van der Waals surface area contributed by atoms with E-state index in [9.17, 15) is 0 Å². The zero-order valence-corrected chi connectivity index (χ0v) is 16.1. The van der Waals surface area contributed by atoms with Crippen LogP contribution in [0.15, 0.2) is 43.1 Å². The molecule has 0 aliphatic carbocycles. The first kappa shape index (κ1) is 20.0. The number of nitrogens with one attached hydrogen (secondary N) is 1. The van der Waals surface area contributed by atoms with Crippen LogP contribution in [-0.2, 0) is 6.42 Å². The van der Waals surface area contributed by atoms with Gasteiger partial charge in [0.2, 0.25) is 0 Å². The number of anilines is 1. The molecule has 140 valence electrons. The quantitative estimate of drug-likeness (QED) is 0.511. The zero-order chi connectivity index (χ0) is 18.6. The van der Waals surface area contributed by atoms with Gasteiger partial charge in [-0.05, 0) is 37.3 Å². The minimum atomic E-state index is 0.407. The van der Waals surface area contributed by atoms with Crippen molar-refractivity contribution in [1.29, 1.82) is 0 Å². The predicted molar refractivity (Wildman–Crippen MR) is 110 cm³/mol. The molecule has 0 saturated heterocycles. The van der Waals surface area contributed by atoms with Crippen molar-refractivity contribution in [2.24, 2.45) is 0 Å². The lowest BCUT2D eigenvalue weighted by molar-refractivity contribution is 0.309. The molecule has 2 aromatic rings. The molecule has 4 nitrogen and oxygen atoms in total. The van der Waals surface area contributed by atoms with Crippen molar-refractivity contribution in [2.75, 3.05) is 11.9 Å². The van der Waals surface area contributed by atoms with E-state index in [1.165, 1.54) is 5.56 Å². The van der Waals surface area contributed by atoms with Crippen LogP contribution in [0.3, 0.4) is 0 Å². The van der Waals surface area contributed by atoms with Crippen LogP contribution in [0.4, 0.5) is 5.82 Å². The van der Waals surface area contributed by atoms with E-state index >= 15 is 0 Å². The van der Waals surface area contributed by atoms with Crippen molar-refractivity contribution in [3.05, 3.63) is 54.5 Å². The van der Waals surface area contributed by atoms with Crippen LogP contribution in [-0.4, -0.2) is 22.6 Å². The van der Waals surface area contributed by atoms with Gasteiger partial charge in [-0.1, -0.05) is 63.6 Å². The first-order valence-electron chi connectivity index (χ1n) is 9.69. The number of nitrogens with zero attached hydrogens (tertiary/aromatic N) is 2. The number of hydrogen-bond acceptors (Lipinski definition) is 4. The molecule has 0 amide bonds. The molecular weight excluding hydrogens is 322 g/mol. The highest BCUT2D eigenvalue weighted by molar-refractivity contribution is 5.52. The van der Waals surface area contributed by atoms with E-state index in [1.807, 2.05) is 6.07 Å². The van der Waals surface area contributed by atoms with Crippen molar-refractivity contribution in [3.8, 4) is 5.75 Å². The van der Waals surface area contributed by atoms with E-state index < -0.39 is 0 Å². The third-order valence-corrected chi connectivity index (χ3v) is 4.28. The summed E-state index contributed by atoms with van der Waals surface area (Å²) >= 11 is 0. The van der Waals surface area contributed by atoms with Crippen molar-refractivity contribution >= 4 is 11.9 Å². The minimum absolute atomic E-state index is 0.407. The Bertz CT molecular complexity index is 652. The van der Waals surface area contributed by atoms with Crippen LogP contribution >= 0.6 is 0 Å². The molecule has 0 unspecified atom stereocenters. The second-order valence-corrected chi connectivity index (χ2v) is 6.50. The molecule has 0 aliphatic heterocycles. The molecule has 1 aromatic carbocycles. The smallest absolute Gasteiger partial charge is 0.179 e. The maximum Gasteiger partial charge on any atom is 0.179 e. The van der Waals surface area contributed by atoms with Crippen LogP contribution in [0, 0.1) is 0 Å². The average molecular weight is 354 g/mol. The van der Waals surface area contributed by atoms with E-state index in [0.29, 0.717) is 18.5 Å². The van der Waals surface area contributed by atoms with Gasteiger partial charge in [0, 0.05) is 6.04 Å². The van der Waals surface area contributed by atoms with Gasteiger partial charge in [0.15, 0.2) is 17.4 Å². The molecule has 0 spiro atoms. The van der Waals surface area contributed by atoms with Crippen molar-refractivity contribution in [2.45, 2.75) is 58.4 Å². The monoisotopic (exact) mass is 353 g/mol. The molecule has 1 heterocycles. The Morgan fingerprint density at radius 2 is 1.88 bits per heavy atom. The molecule has 0 bridgehead atoms. The highest BCUT2D eigenvalue weighted by Crippen LogP contribution is 2.24. The highest BCUT2D eigenvalue weighted by atomic mass is 16.5. The van der Waals surface area contributed by atoms with Crippen LogP contribution in [0.2, 0.25) is 0 Å². The fraction of sp³-hybridized carbons (Fsp3) is 0.455. The molecule has 1 N–H and O–H groups in total. The van der Waals surface area contributed by atoms with Gasteiger partial charge in [-0.2, -0.15) is 0 Å². The maximum atomic E-state index is 5.99. The van der Waals surface area contributed by atoms with Gasteiger partial charge in [0.1, 0.15) is 0 Å². The van der Waals surface area contributed by atoms with Crippen LogP contribution in [0.25, 0.3) is 6.08 Å². The molecular formula is C22H31N3O. The summed E-state index contributed by atoms with van der Waals surface area (Å²) in [5.74, 6) is 2.12. The van der Waals surface area contributed by atoms with Crippen molar-refractivity contribution in [3.63, 3.8) is 0 Å². The van der Waals surface area contributed by atoms with E-state index in [2.05, 4.69) is 60.0 Å². The van der Waals surface area contributed by atoms with E-state index in [4.69, 9.17) is 4.74 Å². The first-order valence-corrected chi connectivity index (χ1v) is 9.69. The number of aromatic nitrogens is 2. The van der Waals surface area contributed by atoms with Crippen LogP contribution in [0.1, 0.15) is 57.3 Å². The topological polar surface area (TPSA) is 47.0 Å². The average Bonchev–Trinajstić information content (AvgIpc) is 2.67. The largest absolute Gasteiger partial charge is 0.488 e. The standard InChI is InChI=1S/C22H31N3O/c1-4-11-19(12-5-2)24-22-20(17-23-21(6-3)25-22)26-16-10-15-18-13-8-7-9-14-18/h6-9,13-14,17,19H,3-5,10-12,15-16H2,1-2H3,(H,23,24,25). The Morgan fingerprint density at radius 3 is 2.54 bits per heavy atom. The molecule has 0 fully saturated rings. The van der Waals surface area contributed by atoms with Crippen molar-refractivity contribution < 1.29 is 4.74 Å². The lowest BCUT2D eigenvalue weighted by Gasteiger charge is -2.20. The number of rotatable bonds is 12.